The number of pyridine rings is 1. The number of ether oxygens (including phenoxy) is 1. The number of nitrogens with zero attached hydrogens (tertiary/aromatic N) is 4. The Labute approximate surface area is 263 Å². The number of aromatic nitrogens is 4. The van der Waals surface area contributed by atoms with Gasteiger partial charge in [-0.3, -0.25) is 9.59 Å². The molecule has 10 nitrogen and oxygen atoms in total. The van der Waals surface area contributed by atoms with Crippen LogP contribution in [-0.2, 0) is 13.6 Å². The number of benzene rings is 2. The zero-order valence-corrected chi connectivity index (χ0v) is 25.8. The van der Waals surface area contributed by atoms with E-state index in [0.29, 0.717) is 29.2 Å². The number of amides is 1. The summed E-state index contributed by atoms with van der Waals surface area (Å²) in [4.78, 5) is 34.0. The van der Waals surface area contributed by atoms with Crippen LogP contribution >= 0.6 is 23.2 Å². The Morgan fingerprint density at radius 3 is 2.59 bits per heavy atom. The molecule has 0 radical (unpaired) electrons. The monoisotopic (exact) mass is 640 g/mol. The fourth-order valence-electron chi connectivity index (χ4n) is 5.31. The number of carbonyl (C=O) groups excluding carboxylic acids is 1. The highest BCUT2D eigenvalue weighted by Gasteiger charge is 2.24. The Balaban J connectivity index is 1.45. The highest BCUT2D eigenvalue weighted by Crippen LogP contribution is 2.42. The van der Waals surface area contributed by atoms with E-state index in [-0.39, 0.29) is 39.3 Å². The number of aliphatic hydroxyl groups is 1. The summed E-state index contributed by atoms with van der Waals surface area (Å²) in [5, 5.41) is 20.4. The largest absolute Gasteiger partial charge is 0.481 e. The van der Waals surface area contributed by atoms with Crippen molar-refractivity contribution in [1.82, 2.24) is 25.1 Å². The van der Waals surface area contributed by atoms with Crippen molar-refractivity contribution in [2.75, 3.05) is 12.4 Å². The summed E-state index contributed by atoms with van der Waals surface area (Å²) in [7, 11) is 2.93. The zero-order valence-electron chi connectivity index (χ0n) is 24.3. The van der Waals surface area contributed by atoms with Gasteiger partial charge in [-0.2, -0.15) is 5.10 Å². The van der Waals surface area contributed by atoms with Gasteiger partial charge in [-0.1, -0.05) is 60.3 Å². The normalized spacial score (nSPS) is 16.5. The molecule has 1 saturated carbocycles. The number of aliphatic hydroxyl groups excluding tert-OH is 1. The molecule has 230 valence electrons. The molecule has 0 unspecified atom stereocenters. The van der Waals surface area contributed by atoms with E-state index in [9.17, 15) is 19.1 Å². The lowest BCUT2D eigenvalue weighted by Crippen LogP contribution is -2.41. The minimum absolute atomic E-state index is 0.0123. The molecule has 1 fully saturated rings. The van der Waals surface area contributed by atoms with Crippen LogP contribution in [0.15, 0.2) is 47.3 Å². The number of anilines is 1. The first kappa shape index (κ1) is 31.5. The molecule has 1 aliphatic carbocycles. The molecule has 0 saturated heterocycles. The second-order valence-corrected chi connectivity index (χ2v) is 11.3. The summed E-state index contributed by atoms with van der Waals surface area (Å²) in [5.74, 6) is -0.933. The molecule has 2 heterocycles. The first-order chi connectivity index (χ1) is 21.1. The molecule has 13 heteroatoms. The summed E-state index contributed by atoms with van der Waals surface area (Å²) in [6, 6.07) is 11.1. The molecule has 1 aliphatic rings. The Bertz CT molecular complexity index is 1780. The van der Waals surface area contributed by atoms with E-state index in [1.54, 1.807) is 18.2 Å². The Kier molecular flexibility index (Phi) is 9.59. The van der Waals surface area contributed by atoms with Crippen LogP contribution in [-0.4, -0.2) is 50.0 Å². The SMILES string of the molecule is COc1nc(-c2cccc(-c3cc(F)cc(NC(=O)c4nc(C)nn(C)c4=O)c3Cl)c2Cl)ccc1CN[C@@H]1CCCC[C@@H]1O. The van der Waals surface area contributed by atoms with Gasteiger partial charge in [0.2, 0.25) is 5.88 Å². The quantitative estimate of drug-likeness (QED) is 0.236. The third kappa shape index (κ3) is 6.61. The molecule has 0 bridgehead atoms. The molecule has 3 N–H and O–H groups in total. The second-order valence-electron chi connectivity index (χ2n) is 10.6. The van der Waals surface area contributed by atoms with Crippen LogP contribution in [0.1, 0.15) is 47.6 Å². The van der Waals surface area contributed by atoms with Crippen LogP contribution in [0.4, 0.5) is 10.1 Å². The van der Waals surface area contributed by atoms with Crippen LogP contribution in [0.5, 0.6) is 5.88 Å². The van der Waals surface area contributed by atoms with Crippen molar-refractivity contribution >= 4 is 34.8 Å². The molecule has 1 amide bonds. The molecule has 44 heavy (non-hydrogen) atoms. The van der Waals surface area contributed by atoms with Crippen LogP contribution in [0.2, 0.25) is 10.0 Å². The van der Waals surface area contributed by atoms with Gasteiger partial charge in [0.1, 0.15) is 11.6 Å². The zero-order chi connectivity index (χ0) is 31.5. The number of aryl methyl sites for hydroxylation is 2. The highest BCUT2D eigenvalue weighted by atomic mass is 35.5. The average Bonchev–Trinajstić information content (AvgIpc) is 3.00. The van der Waals surface area contributed by atoms with E-state index in [0.717, 1.165) is 42.0 Å². The smallest absolute Gasteiger partial charge is 0.298 e. The van der Waals surface area contributed by atoms with Crippen LogP contribution in [0, 0.1) is 12.7 Å². The molecule has 0 spiro atoms. The van der Waals surface area contributed by atoms with Crippen LogP contribution in [0.25, 0.3) is 22.4 Å². The first-order valence-corrected chi connectivity index (χ1v) is 14.8. The summed E-state index contributed by atoms with van der Waals surface area (Å²) in [6.07, 6.45) is 3.41. The van der Waals surface area contributed by atoms with Crippen molar-refractivity contribution in [2.24, 2.45) is 7.05 Å². The Hall–Kier alpha value is -3.90. The van der Waals surface area contributed by atoms with E-state index in [4.69, 9.17) is 27.9 Å². The second kappa shape index (κ2) is 13.4. The van der Waals surface area contributed by atoms with Crippen molar-refractivity contribution in [3.8, 4) is 28.3 Å². The van der Waals surface area contributed by atoms with Crippen molar-refractivity contribution in [1.29, 1.82) is 0 Å². The summed E-state index contributed by atoms with van der Waals surface area (Å²) in [6.45, 7) is 2.01. The predicted molar refractivity (Wildman–Crippen MR) is 167 cm³/mol. The average molecular weight is 642 g/mol. The van der Waals surface area contributed by atoms with Gasteiger partial charge < -0.3 is 20.5 Å². The lowest BCUT2D eigenvalue weighted by Gasteiger charge is -2.28. The van der Waals surface area contributed by atoms with Gasteiger partial charge in [-0.25, -0.2) is 19.0 Å². The number of nitrogens with one attached hydrogen (secondary N) is 2. The summed E-state index contributed by atoms with van der Waals surface area (Å²) >= 11 is 13.6. The fourth-order valence-corrected chi connectivity index (χ4v) is 5.89. The number of hydrogen-bond acceptors (Lipinski definition) is 8. The lowest BCUT2D eigenvalue weighted by atomic mass is 9.92. The topological polar surface area (TPSA) is 131 Å². The number of methoxy groups -OCH3 is 1. The standard InChI is InChI=1S/C31H31Cl2FN6O4/c1-16-36-28(31(43)40(2)39-16)29(42)37-24-14-18(34)13-21(27(24)33)19-7-6-8-20(26(19)32)22-12-11-17(30(38-22)44-3)15-35-23-9-4-5-10-25(23)41/h6-8,11-14,23,25,35,41H,4-5,9-10,15H2,1-3H3,(H,37,42)/t23-,25+/m1/s1. The summed E-state index contributed by atoms with van der Waals surface area (Å²) < 4.78 is 21.5. The van der Waals surface area contributed by atoms with E-state index >= 15 is 0 Å². The van der Waals surface area contributed by atoms with Crippen molar-refractivity contribution in [3.05, 3.63) is 85.8 Å². The van der Waals surface area contributed by atoms with Crippen LogP contribution in [0.3, 0.4) is 0 Å². The van der Waals surface area contributed by atoms with Gasteiger partial charge in [0.05, 0.1) is 34.6 Å². The fraction of sp³-hybridized carbons (Fsp3) is 0.323. The maximum absolute atomic E-state index is 14.9. The van der Waals surface area contributed by atoms with Crippen molar-refractivity contribution in [2.45, 2.75) is 51.3 Å². The van der Waals surface area contributed by atoms with Gasteiger partial charge in [0.15, 0.2) is 5.69 Å². The predicted octanol–water partition coefficient (Wildman–Crippen LogP) is 5.31. The van der Waals surface area contributed by atoms with E-state index in [2.05, 4.69) is 25.7 Å². The number of hydrogen-bond donors (Lipinski definition) is 3. The van der Waals surface area contributed by atoms with E-state index in [1.807, 2.05) is 12.1 Å². The number of carbonyl (C=O) groups is 1. The molecule has 5 rings (SSSR count). The van der Waals surface area contributed by atoms with Gasteiger partial charge in [0.25, 0.3) is 11.5 Å². The minimum atomic E-state index is -0.863. The Morgan fingerprint density at radius 1 is 1.09 bits per heavy atom. The molecule has 2 aromatic heterocycles. The molecule has 2 atom stereocenters. The van der Waals surface area contributed by atoms with Crippen molar-refractivity contribution < 1.29 is 19.0 Å². The third-order valence-electron chi connectivity index (χ3n) is 7.55. The van der Waals surface area contributed by atoms with Gasteiger partial charge >= 0.3 is 0 Å². The first-order valence-electron chi connectivity index (χ1n) is 14.0. The Morgan fingerprint density at radius 2 is 1.84 bits per heavy atom. The van der Waals surface area contributed by atoms with E-state index < -0.39 is 23.0 Å². The number of rotatable bonds is 8. The van der Waals surface area contributed by atoms with Gasteiger partial charge in [-0.15, -0.1) is 0 Å². The third-order valence-corrected chi connectivity index (χ3v) is 8.36. The van der Waals surface area contributed by atoms with Gasteiger partial charge in [-0.05, 0) is 38.0 Å². The summed E-state index contributed by atoms with van der Waals surface area (Å²) in [5.41, 5.74) is 1.33. The van der Waals surface area contributed by atoms with Crippen molar-refractivity contribution in [3.63, 3.8) is 0 Å². The molecular formula is C31H31Cl2FN6O4. The maximum atomic E-state index is 14.9. The van der Waals surface area contributed by atoms with Crippen LogP contribution < -0.4 is 20.9 Å². The molecule has 4 aromatic rings. The number of halogens is 3. The molecular weight excluding hydrogens is 610 g/mol. The van der Waals surface area contributed by atoms with E-state index in [1.165, 1.54) is 27.1 Å². The molecule has 2 aromatic carbocycles. The maximum Gasteiger partial charge on any atom is 0.298 e. The molecule has 0 aliphatic heterocycles. The minimum Gasteiger partial charge on any atom is -0.481 e. The highest BCUT2D eigenvalue weighted by molar-refractivity contribution is 6.39. The lowest BCUT2D eigenvalue weighted by molar-refractivity contribution is 0.0901. The van der Waals surface area contributed by atoms with Gasteiger partial charge in [0, 0.05) is 41.9 Å².